The molecule has 0 amide bonds. The Balaban J connectivity index is 3.27. The van der Waals surface area contributed by atoms with Crippen LogP contribution in [0.4, 0.5) is 17.6 Å². The van der Waals surface area contributed by atoms with Crippen LogP contribution in [0.1, 0.15) is 31.1 Å². The van der Waals surface area contributed by atoms with Gasteiger partial charge in [-0.05, 0) is 20.8 Å². The molecule has 0 aromatic heterocycles. The van der Waals surface area contributed by atoms with Crippen LogP contribution < -0.4 is 0 Å². The number of rotatable bonds is 1. The maximum atomic E-state index is 13.2. The lowest BCUT2D eigenvalue weighted by molar-refractivity contribution is 0.00571. The number of carbonyl (C=O) groups is 1. The van der Waals surface area contributed by atoms with Crippen molar-refractivity contribution in [1.82, 2.24) is 0 Å². The predicted octanol–water partition coefficient (Wildman–Crippen LogP) is 3.20. The zero-order valence-electron chi connectivity index (χ0n) is 9.41. The first-order chi connectivity index (χ1) is 7.63. The van der Waals surface area contributed by atoms with Gasteiger partial charge < -0.3 is 4.74 Å². The summed E-state index contributed by atoms with van der Waals surface area (Å²) in [5.74, 6) is -8.28. The Morgan fingerprint density at radius 1 is 1.06 bits per heavy atom. The quantitative estimate of drug-likeness (QED) is 0.434. The zero-order valence-corrected chi connectivity index (χ0v) is 9.41. The average molecular weight is 250 g/mol. The summed E-state index contributed by atoms with van der Waals surface area (Å²) in [6.07, 6.45) is 0. The molecule has 0 bridgehead atoms. The highest BCUT2D eigenvalue weighted by Crippen LogP contribution is 2.22. The summed E-state index contributed by atoms with van der Waals surface area (Å²) in [5.41, 5.74) is -2.39. The summed E-state index contributed by atoms with van der Waals surface area (Å²) < 4.78 is 56.7. The Morgan fingerprint density at radius 3 is 1.82 bits per heavy atom. The second-order valence-electron chi connectivity index (χ2n) is 4.35. The van der Waals surface area contributed by atoms with Gasteiger partial charge in [0.05, 0.1) is 0 Å². The first kappa shape index (κ1) is 13.5. The number of hydrogen-bond donors (Lipinski definition) is 0. The molecule has 0 aliphatic rings. The summed E-state index contributed by atoms with van der Waals surface area (Å²) in [5, 5.41) is 0. The minimum atomic E-state index is -1.77. The largest absolute Gasteiger partial charge is 0.456 e. The van der Waals surface area contributed by atoms with Crippen molar-refractivity contribution >= 4 is 5.97 Å². The molecular formula is C11H10F4O2. The van der Waals surface area contributed by atoms with Crippen molar-refractivity contribution in [3.05, 3.63) is 34.9 Å². The first-order valence-electron chi connectivity index (χ1n) is 4.70. The molecule has 0 unspecified atom stereocenters. The van der Waals surface area contributed by atoms with E-state index in [0.29, 0.717) is 0 Å². The lowest BCUT2D eigenvalue weighted by atomic mass is 10.1. The van der Waals surface area contributed by atoms with Gasteiger partial charge in [0, 0.05) is 6.07 Å². The normalized spacial score (nSPS) is 11.5. The standard InChI is InChI=1S/C11H10F4O2/c1-11(2,3)17-10(16)7-8(14)5(12)4-6(13)9(7)15/h4H,1-3H3. The molecule has 1 aromatic rings. The highest BCUT2D eigenvalue weighted by Gasteiger charge is 2.28. The molecule has 0 fully saturated rings. The summed E-state index contributed by atoms with van der Waals surface area (Å²) in [7, 11) is 0. The number of hydrogen-bond acceptors (Lipinski definition) is 2. The van der Waals surface area contributed by atoms with E-state index in [1.807, 2.05) is 0 Å². The van der Waals surface area contributed by atoms with E-state index in [2.05, 4.69) is 4.74 Å². The average Bonchev–Trinajstić information content (AvgIpc) is 2.12. The molecule has 6 heteroatoms. The van der Waals surface area contributed by atoms with E-state index >= 15 is 0 Å². The van der Waals surface area contributed by atoms with E-state index in [1.165, 1.54) is 20.8 Å². The molecule has 1 aromatic carbocycles. The van der Waals surface area contributed by atoms with Crippen LogP contribution in [0.15, 0.2) is 6.07 Å². The first-order valence-corrected chi connectivity index (χ1v) is 4.70. The smallest absolute Gasteiger partial charge is 0.344 e. The fourth-order valence-electron chi connectivity index (χ4n) is 1.08. The van der Waals surface area contributed by atoms with Gasteiger partial charge in [-0.1, -0.05) is 0 Å². The number of ether oxygens (including phenoxy) is 1. The van der Waals surface area contributed by atoms with Gasteiger partial charge in [0.15, 0.2) is 23.3 Å². The summed E-state index contributed by atoms with van der Waals surface area (Å²) in [4.78, 5) is 11.4. The second-order valence-corrected chi connectivity index (χ2v) is 4.35. The molecule has 0 radical (unpaired) electrons. The van der Waals surface area contributed by atoms with E-state index in [0.717, 1.165) is 0 Å². The molecular weight excluding hydrogens is 240 g/mol. The molecule has 0 aliphatic heterocycles. The van der Waals surface area contributed by atoms with Gasteiger partial charge in [-0.15, -0.1) is 0 Å². The Kier molecular flexibility index (Phi) is 3.45. The van der Waals surface area contributed by atoms with E-state index < -0.39 is 40.4 Å². The highest BCUT2D eigenvalue weighted by molar-refractivity contribution is 5.90. The van der Waals surface area contributed by atoms with Crippen molar-refractivity contribution in [3.63, 3.8) is 0 Å². The van der Waals surface area contributed by atoms with Crippen molar-refractivity contribution in [2.45, 2.75) is 26.4 Å². The molecule has 0 saturated carbocycles. The third-order valence-corrected chi connectivity index (χ3v) is 1.71. The molecule has 2 nitrogen and oxygen atoms in total. The maximum Gasteiger partial charge on any atom is 0.344 e. The fourth-order valence-corrected chi connectivity index (χ4v) is 1.08. The highest BCUT2D eigenvalue weighted by atomic mass is 19.2. The predicted molar refractivity (Wildman–Crippen MR) is 51.4 cm³/mol. The Morgan fingerprint density at radius 2 is 1.47 bits per heavy atom. The zero-order chi connectivity index (χ0) is 13.4. The number of halogens is 4. The molecule has 0 atom stereocenters. The number of benzene rings is 1. The maximum absolute atomic E-state index is 13.2. The molecule has 94 valence electrons. The molecule has 0 spiro atoms. The lowest BCUT2D eigenvalue weighted by Crippen LogP contribution is -2.25. The van der Waals surface area contributed by atoms with E-state index in [1.54, 1.807) is 0 Å². The van der Waals surface area contributed by atoms with Crippen LogP contribution in [0.25, 0.3) is 0 Å². The fraction of sp³-hybridized carbons (Fsp3) is 0.364. The van der Waals surface area contributed by atoms with Gasteiger partial charge in [-0.25, -0.2) is 22.4 Å². The van der Waals surface area contributed by atoms with Gasteiger partial charge in [0.1, 0.15) is 11.2 Å². The summed E-state index contributed by atoms with van der Waals surface area (Å²) >= 11 is 0. The lowest BCUT2D eigenvalue weighted by Gasteiger charge is -2.19. The number of carbonyl (C=O) groups excluding carboxylic acids is 1. The third-order valence-electron chi connectivity index (χ3n) is 1.71. The van der Waals surface area contributed by atoms with Crippen molar-refractivity contribution in [2.75, 3.05) is 0 Å². The van der Waals surface area contributed by atoms with Crippen LogP contribution >= 0.6 is 0 Å². The second kappa shape index (κ2) is 4.35. The van der Waals surface area contributed by atoms with Crippen LogP contribution in [0, 0.1) is 23.3 Å². The Labute approximate surface area is 95.2 Å². The van der Waals surface area contributed by atoms with E-state index in [-0.39, 0.29) is 6.07 Å². The van der Waals surface area contributed by atoms with Crippen molar-refractivity contribution in [1.29, 1.82) is 0 Å². The van der Waals surface area contributed by atoms with Crippen LogP contribution in [-0.4, -0.2) is 11.6 Å². The molecule has 0 aliphatic carbocycles. The van der Waals surface area contributed by atoms with Crippen molar-refractivity contribution < 1.29 is 27.1 Å². The molecule has 0 N–H and O–H groups in total. The number of esters is 1. The van der Waals surface area contributed by atoms with Crippen molar-refractivity contribution in [2.24, 2.45) is 0 Å². The van der Waals surface area contributed by atoms with Crippen LogP contribution in [0.2, 0.25) is 0 Å². The Hall–Kier alpha value is -1.59. The third kappa shape index (κ3) is 2.95. The van der Waals surface area contributed by atoms with Crippen molar-refractivity contribution in [3.8, 4) is 0 Å². The molecule has 17 heavy (non-hydrogen) atoms. The van der Waals surface area contributed by atoms with Gasteiger partial charge in [-0.3, -0.25) is 0 Å². The molecule has 0 heterocycles. The van der Waals surface area contributed by atoms with Gasteiger partial charge >= 0.3 is 5.97 Å². The minimum absolute atomic E-state index is 0.0263. The van der Waals surface area contributed by atoms with Gasteiger partial charge in [-0.2, -0.15) is 0 Å². The van der Waals surface area contributed by atoms with E-state index in [4.69, 9.17) is 0 Å². The van der Waals surface area contributed by atoms with Crippen LogP contribution in [0.5, 0.6) is 0 Å². The monoisotopic (exact) mass is 250 g/mol. The summed E-state index contributed by atoms with van der Waals surface area (Å²) in [6.45, 7) is 4.36. The van der Waals surface area contributed by atoms with Gasteiger partial charge in [0.25, 0.3) is 0 Å². The molecule has 0 saturated heterocycles. The Bertz CT molecular complexity index is 437. The topological polar surface area (TPSA) is 26.3 Å². The van der Waals surface area contributed by atoms with Crippen LogP contribution in [-0.2, 0) is 4.74 Å². The SMILES string of the molecule is CC(C)(C)OC(=O)c1c(F)c(F)cc(F)c1F. The van der Waals surface area contributed by atoms with Gasteiger partial charge in [0.2, 0.25) is 0 Å². The minimum Gasteiger partial charge on any atom is -0.456 e. The molecule has 1 rings (SSSR count). The summed E-state index contributed by atoms with van der Waals surface area (Å²) in [6, 6.07) is 0.0263. The van der Waals surface area contributed by atoms with E-state index in [9.17, 15) is 22.4 Å². The van der Waals surface area contributed by atoms with Crippen LogP contribution in [0.3, 0.4) is 0 Å².